The van der Waals surface area contributed by atoms with Gasteiger partial charge in [-0.05, 0) is 80.2 Å². The Kier molecular flexibility index (Phi) is 8.09. The van der Waals surface area contributed by atoms with Crippen LogP contribution in [-0.4, -0.2) is 67.1 Å². The number of piperidine rings is 1. The molecule has 0 bridgehead atoms. The van der Waals surface area contributed by atoms with E-state index in [4.69, 9.17) is 0 Å². The average Bonchev–Trinajstić information content (AvgIpc) is 3.34. The summed E-state index contributed by atoms with van der Waals surface area (Å²) in [5, 5.41) is 3.29. The first-order valence-electron chi connectivity index (χ1n) is 12.9. The second-order valence-corrected chi connectivity index (χ2v) is 10.6. The Morgan fingerprint density at radius 2 is 1.31 bits per heavy atom. The largest absolute Gasteiger partial charge is 0.346 e. The van der Waals surface area contributed by atoms with Crippen LogP contribution in [0.15, 0.2) is 59.5 Å². The van der Waals surface area contributed by atoms with Crippen molar-refractivity contribution in [1.82, 2.24) is 14.8 Å². The molecule has 0 atom stereocenters. The number of thiazole rings is 1. The summed E-state index contributed by atoms with van der Waals surface area (Å²) in [5.74, 6) is -0.478. The summed E-state index contributed by atoms with van der Waals surface area (Å²) in [6, 6.07) is 13.4. The van der Waals surface area contributed by atoms with E-state index in [9.17, 15) is 8.78 Å². The fraction of sp³-hybridized carbons (Fsp3) is 0.414. The van der Waals surface area contributed by atoms with E-state index in [1.165, 1.54) is 36.3 Å². The maximum Gasteiger partial charge on any atom is 0.185 e. The molecule has 190 valence electrons. The van der Waals surface area contributed by atoms with E-state index < -0.39 is 0 Å². The lowest BCUT2D eigenvalue weighted by atomic mass is 9.88. The van der Waals surface area contributed by atoms with Gasteiger partial charge in [0, 0.05) is 44.6 Å². The molecule has 0 spiro atoms. The zero-order valence-electron chi connectivity index (χ0n) is 20.9. The molecule has 5 rings (SSSR count). The van der Waals surface area contributed by atoms with Gasteiger partial charge in [0.25, 0.3) is 0 Å². The van der Waals surface area contributed by atoms with Crippen LogP contribution in [0.5, 0.6) is 0 Å². The molecule has 3 aromatic rings. The predicted molar refractivity (Wildman–Crippen MR) is 145 cm³/mol. The molecule has 0 amide bonds. The van der Waals surface area contributed by atoms with E-state index >= 15 is 0 Å². The van der Waals surface area contributed by atoms with Gasteiger partial charge in [-0.2, -0.15) is 0 Å². The van der Waals surface area contributed by atoms with Gasteiger partial charge in [0.15, 0.2) is 5.13 Å². The maximum atomic E-state index is 13.6. The molecule has 0 N–H and O–H groups in total. The molecule has 0 unspecified atom stereocenters. The lowest BCUT2D eigenvalue weighted by Crippen LogP contribution is -2.47. The summed E-state index contributed by atoms with van der Waals surface area (Å²) >= 11 is 1.75. The van der Waals surface area contributed by atoms with Crippen LogP contribution in [0.4, 0.5) is 13.9 Å². The zero-order valence-corrected chi connectivity index (χ0v) is 21.7. The van der Waals surface area contributed by atoms with Crippen molar-refractivity contribution in [2.24, 2.45) is 0 Å². The van der Waals surface area contributed by atoms with E-state index in [1.54, 1.807) is 11.3 Å². The van der Waals surface area contributed by atoms with Crippen molar-refractivity contribution < 1.29 is 8.78 Å². The summed E-state index contributed by atoms with van der Waals surface area (Å²) < 4.78 is 27.1. The van der Waals surface area contributed by atoms with Crippen LogP contribution in [-0.2, 0) is 0 Å². The molecule has 0 radical (unpaired) electrons. The van der Waals surface area contributed by atoms with Gasteiger partial charge in [-0.15, -0.1) is 11.3 Å². The van der Waals surface area contributed by atoms with E-state index in [0.717, 1.165) is 92.7 Å². The maximum absolute atomic E-state index is 13.6. The van der Waals surface area contributed by atoms with Crippen LogP contribution < -0.4 is 4.90 Å². The number of hydrogen-bond acceptors (Lipinski definition) is 5. The third kappa shape index (κ3) is 6.20. The van der Waals surface area contributed by atoms with Gasteiger partial charge < -0.3 is 9.80 Å². The van der Waals surface area contributed by atoms with Crippen molar-refractivity contribution >= 4 is 22.0 Å². The number of benzene rings is 2. The number of likely N-dealkylation sites (tertiary alicyclic amines) is 1. The average molecular weight is 509 g/mol. The van der Waals surface area contributed by atoms with E-state index in [-0.39, 0.29) is 11.6 Å². The standard InChI is InChI=1S/C29H34F2N4S/c1-22-21-36-29(32-22)35-19-17-34(18-20-35)14-2-13-33-15-11-25(12-16-33)28(23-3-7-26(30)8-4-23)24-5-9-27(31)10-6-24/h3-10,21H,2,11-20H2,1H3. The van der Waals surface area contributed by atoms with Crippen LogP contribution in [0.2, 0.25) is 0 Å². The van der Waals surface area contributed by atoms with E-state index in [0.29, 0.717) is 0 Å². The predicted octanol–water partition coefficient (Wildman–Crippen LogP) is 5.84. The number of halogens is 2. The highest BCUT2D eigenvalue weighted by Crippen LogP contribution is 2.32. The third-order valence-corrected chi connectivity index (χ3v) is 8.30. The van der Waals surface area contributed by atoms with Crippen LogP contribution in [0.25, 0.3) is 5.57 Å². The molecule has 2 aromatic carbocycles. The van der Waals surface area contributed by atoms with Crippen LogP contribution in [0.1, 0.15) is 36.1 Å². The topological polar surface area (TPSA) is 22.6 Å². The number of hydrogen-bond donors (Lipinski definition) is 0. The number of anilines is 1. The second-order valence-electron chi connectivity index (χ2n) is 9.79. The van der Waals surface area contributed by atoms with Crippen LogP contribution in [0.3, 0.4) is 0 Å². The summed E-state index contributed by atoms with van der Waals surface area (Å²) in [5.41, 5.74) is 5.61. The van der Waals surface area contributed by atoms with Gasteiger partial charge >= 0.3 is 0 Å². The number of aryl methyl sites for hydroxylation is 1. The molecule has 7 heteroatoms. The minimum absolute atomic E-state index is 0.239. The van der Waals surface area contributed by atoms with Crippen LogP contribution in [0, 0.1) is 18.6 Å². The Bertz CT molecular complexity index is 1110. The van der Waals surface area contributed by atoms with E-state index in [1.807, 2.05) is 24.3 Å². The first kappa shape index (κ1) is 25.1. The highest BCUT2D eigenvalue weighted by molar-refractivity contribution is 7.13. The van der Waals surface area contributed by atoms with Crippen molar-refractivity contribution in [3.63, 3.8) is 0 Å². The Morgan fingerprint density at radius 1 is 0.778 bits per heavy atom. The highest BCUT2D eigenvalue weighted by atomic mass is 32.1. The molecule has 1 aromatic heterocycles. The third-order valence-electron chi connectivity index (χ3n) is 7.28. The number of piperazine rings is 1. The number of aromatic nitrogens is 1. The molecule has 4 nitrogen and oxygen atoms in total. The molecule has 36 heavy (non-hydrogen) atoms. The number of nitrogens with zero attached hydrogens (tertiary/aromatic N) is 4. The summed E-state index contributed by atoms with van der Waals surface area (Å²) in [7, 11) is 0. The molecule has 2 aliphatic rings. The summed E-state index contributed by atoms with van der Waals surface area (Å²) in [4.78, 5) is 12.2. The molecule has 3 heterocycles. The highest BCUT2D eigenvalue weighted by Gasteiger charge is 2.21. The monoisotopic (exact) mass is 508 g/mol. The molecular formula is C29H34F2N4S. The SMILES string of the molecule is Cc1csc(N2CCN(CCCN3CCC(=C(c4ccc(F)cc4)c4ccc(F)cc4)CC3)CC2)n1. The Morgan fingerprint density at radius 3 is 1.81 bits per heavy atom. The molecule has 2 saturated heterocycles. The Balaban J connectivity index is 1.14. The molecular weight excluding hydrogens is 474 g/mol. The molecule has 0 aliphatic carbocycles. The Hall–Kier alpha value is -2.61. The fourth-order valence-corrected chi connectivity index (χ4v) is 6.13. The van der Waals surface area contributed by atoms with Gasteiger partial charge in [-0.3, -0.25) is 4.90 Å². The molecule has 2 aliphatic heterocycles. The lowest BCUT2D eigenvalue weighted by molar-refractivity contribution is 0.212. The molecule has 0 saturated carbocycles. The molecule has 2 fully saturated rings. The first-order valence-corrected chi connectivity index (χ1v) is 13.8. The van der Waals surface area contributed by atoms with Crippen molar-refractivity contribution in [1.29, 1.82) is 0 Å². The van der Waals surface area contributed by atoms with Gasteiger partial charge in [0.1, 0.15) is 11.6 Å². The summed E-state index contributed by atoms with van der Waals surface area (Å²) in [6.45, 7) is 10.7. The van der Waals surface area contributed by atoms with Crippen molar-refractivity contribution in [3.8, 4) is 0 Å². The van der Waals surface area contributed by atoms with Gasteiger partial charge in [-0.1, -0.05) is 29.8 Å². The van der Waals surface area contributed by atoms with Crippen LogP contribution >= 0.6 is 11.3 Å². The normalized spacial score (nSPS) is 17.5. The number of rotatable bonds is 7. The van der Waals surface area contributed by atoms with Gasteiger partial charge in [0.2, 0.25) is 0 Å². The lowest BCUT2D eigenvalue weighted by Gasteiger charge is -2.35. The van der Waals surface area contributed by atoms with Gasteiger partial charge in [0.05, 0.1) is 5.69 Å². The van der Waals surface area contributed by atoms with Crippen molar-refractivity contribution in [2.75, 3.05) is 57.3 Å². The minimum atomic E-state index is -0.239. The Labute approximate surface area is 216 Å². The zero-order chi connectivity index (χ0) is 24.9. The fourth-order valence-electron chi connectivity index (χ4n) is 5.27. The quantitative estimate of drug-likeness (QED) is 0.400. The van der Waals surface area contributed by atoms with E-state index in [2.05, 4.69) is 32.0 Å². The summed E-state index contributed by atoms with van der Waals surface area (Å²) in [6.07, 6.45) is 3.14. The van der Waals surface area contributed by atoms with Crippen molar-refractivity contribution in [2.45, 2.75) is 26.2 Å². The van der Waals surface area contributed by atoms with Gasteiger partial charge in [-0.25, -0.2) is 13.8 Å². The smallest absolute Gasteiger partial charge is 0.185 e. The minimum Gasteiger partial charge on any atom is -0.346 e. The van der Waals surface area contributed by atoms with Crippen molar-refractivity contribution in [3.05, 3.63) is 87.9 Å². The first-order chi connectivity index (χ1) is 17.5. The second kappa shape index (κ2) is 11.6.